The molecule has 4 aliphatic heterocycles. The van der Waals surface area contributed by atoms with Crippen molar-refractivity contribution in [1.29, 1.82) is 0 Å². The molecule has 0 spiro atoms. The molecule has 10 fully saturated rings. The zero-order valence-electron chi connectivity index (χ0n) is 44.2. The van der Waals surface area contributed by atoms with Gasteiger partial charge in [0.15, 0.2) is 12.6 Å². The summed E-state index contributed by atoms with van der Waals surface area (Å²) in [5.41, 5.74) is -0.678. The smallest absolute Gasteiger partial charge is 0.331 e. The van der Waals surface area contributed by atoms with E-state index in [1.807, 2.05) is 0 Å². The maximum Gasteiger partial charge on any atom is 0.331 e. The van der Waals surface area contributed by atoms with E-state index in [1.54, 1.807) is 13.0 Å². The maximum atomic E-state index is 12.5. The largest absolute Gasteiger partial charge is 0.465 e. The fraction of sp³-hybridized carbons (Fsp3) is 0.897. The number of aliphatic hydroxyl groups is 7. The fourth-order valence-corrected chi connectivity index (χ4v) is 19.8. The van der Waals surface area contributed by atoms with E-state index >= 15 is 0 Å². The maximum absolute atomic E-state index is 12.5. The van der Waals surface area contributed by atoms with Gasteiger partial charge in [0, 0.05) is 30.3 Å². The minimum atomic E-state index is -1.60. The van der Waals surface area contributed by atoms with Crippen LogP contribution in [-0.4, -0.2) is 140 Å². The molecule has 4 heterocycles. The van der Waals surface area contributed by atoms with Crippen molar-refractivity contribution in [2.75, 3.05) is 19.8 Å². The highest BCUT2D eigenvalue weighted by Gasteiger charge is 2.70. The third-order valence-electron chi connectivity index (χ3n) is 23.9. The van der Waals surface area contributed by atoms with Gasteiger partial charge in [-0.3, -0.25) is 4.79 Å². The normalized spacial score (nSPS) is 55.1. The van der Waals surface area contributed by atoms with Gasteiger partial charge in [0.1, 0.15) is 37.1 Å². The van der Waals surface area contributed by atoms with Gasteiger partial charge in [-0.25, -0.2) is 4.79 Å². The predicted molar refractivity (Wildman–Crippen MR) is 264 cm³/mol. The molecule has 15 heteroatoms. The van der Waals surface area contributed by atoms with Crippen LogP contribution in [0.3, 0.4) is 0 Å². The molecule has 7 N–H and O–H groups in total. The molecule has 1 unspecified atom stereocenters. The van der Waals surface area contributed by atoms with Crippen molar-refractivity contribution < 1.29 is 73.8 Å². The topological polar surface area (TPSA) is 231 Å². The third kappa shape index (κ3) is 8.51. The van der Waals surface area contributed by atoms with Gasteiger partial charge in [0.2, 0.25) is 0 Å². The molecule has 0 aromatic rings. The van der Waals surface area contributed by atoms with Crippen LogP contribution in [0.25, 0.3) is 0 Å². The standard InChI is InChI=1S/C35H54O13.C23H34O2/c1-17-30(48-31-29(41)28(40)27(39)24(15-36)47-31)23(37)13-26(45-17)46-19-4-8-32(2)21-5-9-33(3)20(18-12-25(38)44-16-18)7-11-35(33,43)22(21)6-10-34(32,42)14-19;1-22-11-4-3-5-16(22)6-7-17-19-9-8-18(15-13-21(24)25-14-15)23(19,2)12-10-20(17)22/h12,17,19-24,26-31,36-37,39-43H,4-11,13-16H2,1-3H3;4,11,15-20H,3,5-10,12-14H2,1-2H3/t17-,19+,20-,21+,22-,23+,24-,26+,27-,28+,29-,30-,31+,32-,33-,34+,35+;15-,16?,17-,18+,19+,20-,22-,23+/m10/s1. The first-order chi connectivity index (χ1) is 34.7. The number of esters is 2. The Morgan fingerprint density at radius 1 is 0.726 bits per heavy atom. The van der Waals surface area contributed by atoms with Crippen molar-refractivity contribution in [2.45, 2.75) is 229 Å². The molecule has 0 bridgehead atoms. The average molecular weight is 1030 g/mol. The Labute approximate surface area is 432 Å². The van der Waals surface area contributed by atoms with Gasteiger partial charge < -0.3 is 64.2 Å². The van der Waals surface area contributed by atoms with E-state index in [-0.39, 0.29) is 47.6 Å². The molecule has 3 saturated heterocycles. The Kier molecular flexibility index (Phi) is 14.1. The molecule has 73 heavy (non-hydrogen) atoms. The Morgan fingerprint density at radius 3 is 2.21 bits per heavy atom. The molecule has 15 nitrogen and oxygen atoms in total. The lowest BCUT2D eigenvalue weighted by atomic mass is 9.42. The Morgan fingerprint density at radius 2 is 1.48 bits per heavy atom. The molecule has 0 aromatic heterocycles. The molecule has 0 aromatic carbocycles. The summed E-state index contributed by atoms with van der Waals surface area (Å²) < 4.78 is 34.4. The lowest BCUT2D eigenvalue weighted by molar-refractivity contribution is -0.345. The van der Waals surface area contributed by atoms with Crippen molar-refractivity contribution >= 4 is 11.9 Å². The summed E-state index contributed by atoms with van der Waals surface area (Å²) >= 11 is 0. The van der Waals surface area contributed by atoms with E-state index in [9.17, 15) is 45.3 Å². The highest BCUT2D eigenvalue weighted by Crippen LogP contribution is 2.71. The summed E-state index contributed by atoms with van der Waals surface area (Å²) in [6, 6.07) is 0. The minimum Gasteiger partial charge on any atom is -0.465 e. The van der Waals surface area contributed by atoms with E-state index in [4.69, 9.17) is 28.4 Å². The summed E-state index contributed by atoms with van der Waals surface area (Å²) in [5, 5.41) is 76.0. The SMILES string of the molecule is C[C@H]1O[C@@H](O[C@H]2CC[C@]3(C)[C@H]4CC[C@]5(C)[C@@H](C6=CC(=O)OC6)CC[C@]5(O)[C@@H]4CC[C@]3(O)C2)C[C@H](O)[C@@H]1O[C@@H]1O[C@H](CO)[C@@H](O)[C@H](O)[C@H]1O.C[C@]12CC[C@H]3[C@@H](CCC4CCC=C[C@@]43C)[C@H]1CC[C@@H]2[C@@H]1COC(=O)C1. The molecule has 410 valence electrons. The summed E-state index contributed by atoms with van der Waals surface area (Å²) in [4.78, 5) is 23.6. The minimum absolute atomic E-state index is 0.0473. The van der Waals surface area contributed by atoms with Crippen molar-refractivity contribution in [2.24, 2.45) is 74.9 Å². The Balaban J connectivity index is 0.000000191. The molecule has 7 saturated carbocycles. The number of carbonyl (C=O) groups is 2. The molecular formula is C58H88O15. The van der Waals surface area contributed by atoms with Gasteiger partial charge in [-0.05, 0) is 179 Å². The van der Waals surface area contributed by atoms with Crippen LogP contribution in [-0.2, 0) is 38.0 Å². The highest BCUT2D eigenvalue weighted by molar-refractivity contribution is 5.85. The van der Waals surface area contributed by atoms with Crippen LogP contribution in [0.1, 0.15) is 157 Å². The summed E-state index contributed by atoms with van der Waals surface area (Å²) in [6.45, 7) is 11.7. The number of hydrogen-bond donors (Lipinski definition) is 7. The van der Waals surface area contributed by atoms with Gasteiger partial charge in [-0.1, -0.05) is 39.8 Å². The summed E-state index contributed by atoms with van der Waals surface area (Å²) in [6.07, 6.45) is 14.0. The van der Waals surface area contributed by atoms with E-state index in [2.05, 4.69) is 39.8 Å². The van der Waals surface area contributed by atoms with Gasteiger partial charge in [-0.15, -0.1) is 0 Å². The Hall–Kier alpha value is -2.02. The number of carbonyl (C=O) groups excluding carboxylic acids is 2. The zero-order valence-corrected chi connectivity index (χ0v) is 44.2. The summed E-state index contributed by atoms with van der Waals surface area (Å²) in [5.74, 6) is 4.94. The van der Waals surface area contributed by atoms with Crippen LogP contribution < -0.4 is 0 Å². The number of aliphatic hydroxyl groups excluding tert-OH is 5. The fourth-order valence-electron chi connectivity index (χ4n) is 19.8. The monoisotopic (exact) mass is 1020 g/mol. The van der Waals surface area contributed by atoms with Gasteiger partial charge in [-0.2, -0.15) is 0 Å². The van der Waals surface area contributed by atoms with Gasteiger partial charge in [0.05, 0.1) is 49.1 Å². The first-order valence-corrected chi connectivity index (χ1v) is 28.8. The molecular weight excluding hydrogens is 937 g/mol. The Bertz CT molecular complexity index is 2120. The number of fused-ring (bicyclic) bond motifs is 10. The third-order valence-corrected chi connectivity index (χ3v) is 23.9. The van der Waals surface area contributed by atoms with Crippen molar-refractivity contribution in [3.63, 3.8) is 0 Å². The van der Waals surface area contributed by atoms with E-state index in [0.717, 1.165) is 60.8 Å². The van der Waals surface area contributed by atoms with E-state index in [0.29, 0.717) is 68.5 Å². The number of cyclic esters (lactones) is 2. The number of allylic oxidation sites excluding steroid dienone is 2. The van der Waals surface area contributed by atoms with Crippen LogP contribution in [0.2, 0.25) is 0 Å². The van der Waals surface area contributed by atoms with Crippen LogP contribution in [0.4, 0.5) is 0 Å². The highest BCUT2D eigenvalue weighted by atomic mass is 16.7. The molecule has 0 radical (unpaired) electrons. The van der Waals surface area contributed by atoms with Crippen LogP contribution in [0.15, 0.2) is 23.8 Å². The van der Waals surface area contributed by atoms with Crippen LogP contribution in [0, 0.1) is 74.9 Å². The average Bonchev–Trinajstić information content (AvgIpc) is 4.14. The zero-order chi connectivity index (χ0) is 51.6. The second-order valence-electron chi connectivity index (χ2n) is 26.7. The lowest BCUT2D eigenvalue weighted by Gasteiger charge is -2.66. The molecule has 0 amide bonds. The molecule has 8 aliphatic carbocycles. The second-order valence-corrected chi connectivity index (χ2v) is 26.7. The first-order valence-electron chi connectivity index (χ1n) is 28.8. The molecule has 12 aliphatic rings. The quantitative estimate of drug-likeness (QED) is 0.0908. The van der Waals surface area contributed by atoms with Crippen LogP contribution in [0.5, 0.6) is 0 Å². The first kappa shape index (κ1) is 53.0. The molecule has 12 rings (SSSR count). The van der Waals surface area contributed by atoms with Crippen molar-refractivity contribution in [3.05, 3.63) is 23.8 Å². The van der Waals surface area contributed by atoms with Crippen molar-refractivity contribution in [3.8, 4) is 0 Å². The lowest BCUT2D eigenvalue weighted by Crippen LogP contribution is -2.67. The predicted octanol–water partition coefficient (Wildman–Crippen LogP) is 5.80. The van der Waals surface area contributed by atoms with Crippen LogP contribution >= 0.6 is 0 Å². The number of rotatable bonds is 7. The van der Waals surface area contributed by atoms with Crippen molar-refractivity contribution in [1.82, 2.24) is 0 Å². The molecule has 25 atom stereocenters. The van der Waals surface area contributed by atoms with E-state index in [1.165, 1.54) is 51.4 Å². The summed E-state index contributed by atoms with van der Waals surface area (Å²) in [7, 11) is 0. The second kappa shape index (κ2) is 19.4. The number of hydrogen-bond acceptors (Lipinski definition) is 15. The van der Waals surface area contributed by atoms with Gasteiger partial charge >= 0.3 is 11.9 Å². The van der Waals surface area contributed by atoms with E-state index < -0.39 is 78.5 Å². The number of ether oxygens (including phenoxy) is 6. The van der Waals surface area contributed by atoms with Gasteiger partial charge in [0.25, 0.3) is 0 Å².